The molecule has 3 saturated carbocycles. The maximum atomic E-state index is 10.8. The van der Waals surface area contributed by atoms with E-state index in [1.807, 2.05) is 0 Å². The van der Waals surface area contributed by atoms with Crippen molar-refractivity contribution in [3.8, 4) is 0 Å². The molecule has 4 atom stereocenters. The van der Waals surface area contributed by atoms with E-state index in [9.17, 15) is 4.79 Å². The lowest BCUT2D eigenvalue weighted by Gasteiger charge is -2.23. The van der Waals surface area contributed by atoms with E-state index >= 15 is 0 Å². The van der Waals surface area contributed by atoms with E-state index in [0.29, 0.717) is 12.5 Å². The quantitative estimate of drug-likeness (QED) is 0.652. The molecule has 4 unspecified atom stereocenters. The van der Waals surface area contributed by atoms with E-state index in [1.54, 1.807) is 0 Å². The van der Waals surface area contributed by atoms with Crippen molar-refractivity contribution in [1.29, 1.82) is 0 Å². The summed E-state index contributed by atoms with van der Waals surface area (Å²) >= 11 is 0. The minimum Gasteiger partial charge on any atom is -0.466 e. The zero-order valence-electron chi connectivity index (χ0n) is 9.45. The Hall–Kier alpha value is -0.530. The molecule has 2 heteroatoms. The predicted octanol–water partition coefficient (Wildman–Crippen LogP) is 2.62. The molecule has 0 spiro atoms. The van der Waals surface area contributed by atoms with Gasteiger partial charge in [0.05, 0.1) is 6.61 Å². The Morgan fingerprint density at radius 3 is 2.27 bits per heavy atom. The van der Waals surface area contributed by atoms with Crippen LogP contribution in [0, 0.1) is 29.6 Å². The van der Waals surface area contributed by atoms with Crippen molar-refractivity contribution in [2.45, 2.75) is 39.0 Å². The standard InChI is InChI=1S/C13H20O2/c1-8(14)15-7-9-4-12-10-2-3-11(6-10)13(12)5-9/h9-13H,2-7H2,1H3. The highest BCUT2D eigenvalue weighted by atomic mass is 16.5. The molecule has 84 valence electrons. The zero-order valence-corrected chi connectivity index (χ0v) is 9.45. The predicted molar refractivity (Wildman–Crippen MR) is 57.2 cm³/mol. The van der Waals surface area contributed by atoms with Crippen LogP contribution in [0.25, 0.3) is 0 Å². The largest absolute Gasteiger partial charge is 0.466 e. The lowest BCUT2D eigenvalue weighted by Crippen LogP contribution is -2.15. The molecule has 3 aliphatic carbocycles. The number of carbonyl (C=O) groups excluding carboxylic acids is 1. The molecule has 0 aromatic rings. The number of esters is 1. The minimum atomic E-state index is -0.116. The highest BCUT2D eigenvalue weighted by molar-refractivity contribution is 5.65. The topological polar surface area (TPSA) is 26.3 Å². The first kappa shape index (κ1) is 9.68. The van der Waals surface area contributed by atoms with Crippen LogP contribution in [0.3, 0.4) is 0 Å². The van der Waals surface area contributed by atoms with Crippen molar-refractivity contribution in [3.05, 3.63) is 0 Å². The molecule has 3 aliphatic rings. The molecule has 2 bridgehead atoms. The second kappa shape index (κ2) is 3.50. The Bertz CT molecular complexity index is 256. The van der Waals surface area contributed by atoms with Gasteiger partial charge in [0.2, 0.25) is 0 Å². The maximum absolute atomic E-state index is 10.8. The van der Waals surface area contributed by atoms with Gasteiger partial charge in [-0.3, -0.25) is 4.79 Å². The Labute approximate surface area is 91.4 Å². The molecule has 0 aromatic carbocycles. The Balaban J connectivity index is 1.57. The number of rotatable bonds is 2. The Morgan fingerprint density at radius 1 is 1.13 bits per heavy atom. The van der Waals surface area contributed by atoms with Crippen LogP contribution in [0.2, 0.25) is 0 Å². The molecule has 0 amide bonds. The van der Waals surface area contributed by atoms with Crippen molar-refractivity contribution in [2.75, 3.05) is 6.61 Å². The summed E-state index contributed by atoms with van der Waals surface area (Å²) in [7, 11) is 0. The fraction of sp³-hybridized carbons (Fsp3) is 0.923. The molecule has 0 radical (unpaired) electrons. The third kappa shape index (κ3) is 1.58. The highest BCUT2D eigenvalue weighted by Gasteiger charge is 2.51. The summed E-state index contributed by atoms with van der Waals surface area (Å²) in [6.07, 6.45) is 7.13. The first-order chi connectivity index (χ1) is 7.24. The number of fused-ring (bicyclic) bond motifs is 5. The fourth-order valence-electron chi connectivity index (χ4n) is 4.50. The number of carbonyl (C=O) groups is 1. The molecule has 3 rings (SSSR count). The van der Waals surface area contributed by atoms with Crippen molar-refractivity contribution >= 4 is 5.97 Å². The van der Waals surface area contributed by atoms with E-state index in [-0.39, 0.29) is 5.97 Å². The van der Waals surface area contributed by atoms with E-state index in [0.717, 1.165) is 23.7 Å². The average Bonchev–Trinajstić information content (AvgIpc) is 2.86. The molecule has 0 N–H and O–H groups in total. The lowest BCUT2D eigenvalue weighted by atomic mass is 9.82. The van der Waals surface area contributed by atoms with Crippen molar-refractivity contribution in [1.82, 2.24) is 0 Å². The summed E-state index contributed by atoms with van der Waals surface area (Å²) in [6.45, 7) is 2.20. The fourth-order valence-corrected chi connectivity index (χ4v) is 4.50. The van der Waals surface area contributed by atoms with Crippen LogP contribution >= 0.6 is 0 Å². The summed E-state index contributed by atoms with van der Waals surface area (Å²) in [4.78, 5) is 10.8. The van der Waals surface area contributed by atoms with E-state index in [2.05, 4.69) is 0 Å². The lowest BCUT2D eigenvalue weighted by molar-refractivity contribution is -0.142. The van der Waals surface area contributed by atoms with Gasteiger partial charge in [0, 0.05) is 6.92 Å². The normalized spacial score (nSPS) is 46.9. The van der Waals surface area contributed by atoms with Gasteiger partial charge in [-0.25, -0.2) is 0 Å². The van der Waals surface area contributed by atoms with E-state index < -0.39 is 0 Å². The molecule has 2 nitrogen and oxygen atoms in total. The monoisotopic (exact) mass is 208 g/mol. The van der Waals surface area contributed by atoms with Crippen LogP contribution in [-0.4, -0.2) is 12.6 Å². The van der Waals surface area contributed by atoms with Crippen LogP contribution in [0.4, 0.5) is 0 Å². The molecular weight excluding hydrogens is 188 g/mol. The third-order valence-corrected chi connectivity index (χ3v) is 5.01. The van der Waals surface area contributed by atoms with Gasteiger partial charge in [-0.15, -0.1) is 0 Å². The van der Waals surface area contributed by atoms with Crippen molar-refractivity contribution in [2.24, 2.45) is 29.6 Å². The van der Waals surface area contributed by atoms with Crippen LogP contribution in [-0.2, 0) is 9.53 Å². The van der Waals surface area contributed by atoms with Crippen molar-refractivity contribution in [3.63, 3.8) is 0 Å². The smallest absolute Gasteiger partial charge is 0.302 e. The molecular formula is C13H20O2. The van der Waals surface area contributed by atoms with Gasteiger partial charge in [-0.05, 0) is 61.7 Å². The van der Waals surface area contributed by atoms with Crippen LogP contribution in [0.5, 0.6) is 0 Å². The maximum Gasteiger partial charge on any atom is 0.302 e. The first-order valence-electron chi connectivity index (χ1n) is 6.37. The van der Waals surface area contributed by atoms with Crippen LogP contribution < -0.4 is 0 Å². The molecule has 0 saturated heterocycles. The summed E-state index contributed by atoms with van der Waals surface area (Å²) in [5, 5.41) is 0. The van der Waals surface area contributed by atoms with Gasteiger partial charge >= 0.3 is 5.97 Å². The van der Waals surface area contributed by atoms with Gasteiger partial charge in [-0.1, -0.05) is 0 Å². The Kier molecular flexibility index (Phi) is 2.26. The van der Waals surface area contributed by atoms with Gasteiger partial charge in [0.1, 0.15) is 0 Å². The number of hydrogen-bond acceptors (Lipinski definition) is 2. The SMILES string of the molecule is CC(=O)OCC1CC2C3CCC(C3)C2C1. The van der Waals surface area contributed by atoms with Gasteiger partial charge in [0.15, 0.2) is 0 Å². The molecule has 3 fully saturated rings. The third-order valence-electron chi connectivity index (χ3n) is 5.01. The summed E-state index contributed by atoms with van der Waals surface area (Å²) in [5.74, 6) is 4.60. The summed E-state index contributed by atoms with van der Waals surface area (Å²) < 4.78 is 5.14. The number of ether oxygens (including phenoxy) is 1. The first-order valence-corrected chi connectivity index (χ1v) is 6.37. The molecule has 0 aromatic heterocycles. The van der Waals surface area contributed by atoms with Crippen LogP contribution in [0.15, 0.2) is 0 Å². The van der Waals surface area contributed by atoms with Crippen molar-refractivity contribution < 1.29 is 9.53 Å². The van der Waals surface area contributed by atoms with E-state index in [1.165, 1.54) is 39.0 Å². The molecule has 15 heavy (non-hydrogen) atoms. The zero-order chi connectivity index (χ0) is 10.4. The summed E-state index contributed by atoms with van der Waals surface area (Å²) in [6, 6.07) is 0. The van der Waals surface area contributed by atoms with Gasteiger partial charge in [0.25, 0.3) is 0 Å². The second-order valence-electron chi connectivity index (χ2n) is 5.80. The second-order valence-corrected chi connectivity index (χ2v) is 5.80. The Morgan fingerprint density at radius 2 is 1.73 bits per heavy atom. The van der Waals surface area contributed by atoms with Gasteiger partial charge < -0.3 is 4.74 Å². The highest BCUT2D eigenvalue weighted by Crippen LogP contribution is 2.59. The van der Waals surface area contributed by atoms with E-state index in [4.69, 9.17) is 4.74 Å². The van der Waals surface area contributed by atoms with Gasteiger partial charge in [-0.2, -0.15) is 0 Å². The number of hydrogen-bond donors (Lipinski definition) is 0. The average molecular weight is 208 g/mol. The summed E-state index contributed by atoms with van der Waals surface area (Å²) in [5.41, 5.74) is 0. The molecule has 0 aliphatic heterocycles. The minimum absolute atomic E-state index is 0.116. The van der Waals surface area contributed by atoms with Crippen LogP contribution in [0.1, 0.15) is 39.0 Å². The molecule has 0 heterocycles.